The van der Waals surface area contributed by atoms with Gasteiger partial charge in [-0.1, -0.05) is 24.3 Å². The van der Waals surface area contributed by atoms with Crippen molar-refractivity contribution >= 4 is 15.9 Å². The van der Waals surface area contributed by atoms with Gasteiger partial charge in [-0.2, -0.15) is 21.6 Å². The molecule has 2 rings (SSSR count). The van der Waals surface area contributed by atoms with Crippen LogP contribution in [0.25, 0.3) is 0 Å². The highest BCUT2D eigenvalue weighted by atomic mass is 32.2. The van der Waals surface area contributed by atoms with Crippen LogP contribution in [0.1, 0.15) is 22.3 Å². The molecule has 1 aromatic carbocycles. The van der Waals surface area contributed by atoms with Crippen LogP contribution in [0.5, 0.6) is 0 Å². The van der Waals surface area contributed by atoms with Crippen LogP contribution in [0.4, 0.5) is 13.2 Å². The van der Waals surface area contributed by atoms with Gasteiger partial charge in [-0.15, -0.1) is 0 Å². The van der Waals surface area contributed by atoms with Gasteiger partial charge in [-0.3, -0.25) is 4.79 Å². The van der Waals surface area contributed by atoms with Gasteiger partial charge in [-0.25, -0.2) is 0 Å². The number of ketones is 1. The number of alkyl halides is 3. The maximum absolute atomic E-state index is 12.1. The van der Waals surface area contributed by atoms with Crippen LogP contribution < -0.4 is 0 Å². The quantitative estimate of drug-likeness (QED) is 0.365. The molecule has 1 aromatic rings. The molecule has 0 N–H and O–H groups in total. The largest absolute Gasteiger partial charge is 0.534 e. The zero-order chi connectivity index (χ0) is 15.0. The minimum Gasteiger partial charge on any atom is -0.384 e. The van der Waals surface area contributed by atoms with E-state index < -0.39 is 21.4 Å². The highest BCUT2D eigenvalue weighted by Crippen LogP contribution is 2.28. The molecule has 0 fully saturated rings. The summed E-state index contributed by atoms with van der Waals surface area (Å²) >= 11 is 0. The van der Waals surface area contributed by atoms with Gasteiger partial charge in [0, 0.05) is 11.1 Å². The molecule has 0 spiro atoms. The topological polar surface area (TPSA) is 60.4 Å². The second-order valence-corrected chi connectivity index (χ2v) is 5.69. The number of halogens is 3. The summed E-state index contributed by atoms with van der Waals surface area (Å²) in [6.07, 6.45) is 0.938. The lowest BCUT2D eigenvalue weighted by molar-refractivity contribution is -0.0515. The summed E-state index contributed by atoms with van der Waals surface area (Å²) < 4.78 is 61.6. The first-order valence-corrected chi connectivity index (χ1v) is 6.94. The Kier molecular flexibility index (Phi) is 3.59. The van der Waals surface area contributed by atoms with Crippen molar-refractivity contribution in [2.45, 2.75) is 18.3 Å². The van der Waals surface area contributed by atoms with Gasteiger partial charge in [-0.05, 0) is 18.4 Å². The van der Waals surface area contributed by atoms with Crippen LogP contribution in [-0.4, -0.2) is 19.7 Å². The highest BCUT2D eigenvalue weighted by Gasteiger charge is 2.48. The van der Waals surface area contributed by atoms with Gasteiger partial charge in [0.1, 0.15) is 6.26 Å². The Labute approximate surface area is 113 Å². The van der Waals surface area contributed by atoms with E-state index in [0.717, 1.165) is 5.56 Å². The van der Waals surface area contributed by atoms with E-state index in [-0.39, 0.29) is 12.0 Å². The lowest BCUT2D eigenvalue weighted by Gasteiger charge is -2.16. The third-order valence-electron chi connectivity index (χ3n) is 2.82. The SMILES string of the molecule is O=C1/C(=C\OS(=O)(=O)C(F)(F)F)CCc2ccccc21. The van der Waals surface area contributed by atoms with Crippen LogP contribution >= 0.6 is 0 Å². The van der Waals surface area contributed by atoms with Gasteiger partial charge >= 0.3 is 15.6 Å². The van der Waals surface area contributed by atoms with Gasteiger partial charge in [0.15, 0.2) is 5.78 Å². The Hall–Kier alpha value is -1.83. The second-order valence-electron chi connectivity index (χ2n) is 4.13. The summed E-state index contributed by atoms with van der Waals surface area (Å²) in [6.45, 7) is 0. The molecule has 1 aliphatic carbocycles. The minimum atomic E-state index is -5.73. The van der Waals surface area contributed by atoms with Crippen molar-refractivity contribution < 1.29 is 30.6 Å². The van der Waals surface area contributed by atoms with E-state index in [0.29, 0.717) is 18.2 Å². The van der Waals surface area contributed by atoms with Crippen molar-refractivity contribution in [2.75, 3.05) is 0 Å². The number of rotatable bonds is 2. The number of carbonyl (C=O) groups excluding carboxylic acids is 1. The fourth-order valence-corrected chi connectivity index (χ4v) is 2.16. The summed E-state index contributed by atoms with van der Waals surface area (Å²) in [6, 6.07) is 6.62. The van der Waals surface area contributed by atoms with Crippen LogP contribution in [0.3, 0.4) is 0 Å². The van der Waals surface area contributed by atoms with E-state index in [2.05, 4.69) is 4.18 Å². The molecule has 0 unspecified atom stereocenters. The van der Waals surface area contributed by atoms with Gasteiger partial charge in [0.2, 0.25) is 0 Å². The molecule has 0 atom stereocenters. The van der Waals surface area contributed by atoms with E-state index in [9.17, 15) is 26.4 Å². The predicted octanol–water partition coefficient (Wildman–Crippen LogP) is 2.57. The molecule has 8 heteroatoms. The number of hydrogen-bond donors (Lipinski definition) is 0. The van der Waals surface area contributed by atoms with Crippen LogP contribution in [0, 0.1) is 0 Å². The molecule has 1 aliphatic rings. The van der Waals surface area contributed by atoms with E-state index in [1.54, 1.807) is 18.2 Å². The van der Waals surface area contributed by atoms with E-state index in [1.165, 1.54) is 6.07 Å². The molecule has 20 heavy (non-hydrogen) atoms. The average Bonchev–Trinajstić information content (AvgIpc) is 2.37. The first kappa shape index (κ1) is 14.6. The van der Waals surface area contributed by atoms with Crippen molar-refractivity contribution in [3.8, 4) is 0 Å². The minimum absolute atomic E-state index is 0.100. The molecule has 0 aliphatic heterocycles. The zero-order valence-electron chi connectivity index (χ0n) is 9.98. The summed E-state index contributed by atoms with van der Waals surface area (Å²) in [5.41, 5.74) is -4.50. The van der Waals surface area contributed by atoms with Crippen molar-refractivity contribution in [1.29, 1.82) is 0 Å². The van der Waals surface area contributed by atoms with Gasteiger partial charge < -0.3 is 4.18 Å². The molecule has 0 amide bonds. The Morgan fingerprint density at radius 1 is 1.15 bits per heavy atom. The van der Waals surface area contributed by atoms with Crippen LogP contribution in [0.15, 0.2) is 36.1 Å². The maximum Gasteiger partial charge on any atom is 0.534 e. The number of carbonyl (C=O) groups is 1. The number of hydrogen-bond acceptors (Lipinski definition) is 4. The maximum atomic E-state index is 12.1. The first-order chi connectivity index (χ1) is 9.22. The van der Waals surface area contributed by atoms with E-state index in [1.807, 2.05) is 0 Å². The summed E-state index contributed by atoms with van der Waals surface area (Å²) in [4.78, 5) is 12.0. The Morgan fingerprint density at radius 3 is 2.45 bits per heavy atom. The van der Waals surface area contributed by atoms with Crippen molar-refractivity contribution in [2.24, 2.45) is 0 Å². The predicted molar refractivity (Wildman–Crippen MR) is 63.2 cm³/mol. The third kappa shape index (κ3) is 2.69. The standard InChI is InChI=1S/C12H9F3O4S/c13-12(14,15)20(17,18)19-7-9-6-5-8-3-1-2-4-10(8)11(9)16/h1-4,7H,5-6H2/b9-7-. The fourth-order valence-electron chi connectivity index (χ4n) is 1.80. The number of fused-ring (bicyclic) bond motifs is 1. The fraction of sp³-hybridized carbons (Fsp3) is 0.250. The molecule has 0 saturated heterocycles. The van der Waals surface area contributed by atoms with Crippen molar-refractivity contribution in [1.82, 2.24) is 0 Å². The van der Waals surface area contributed by atoms with Gasteiger partial charge in [0.25, 0.3) is 0 Å². The average molecular weight is 306 g/mol. The van der Waals surface area contributed by atoms with Crippen molar-refractivity contribution in [3.05, 3.63) is 47.2 Å². The molecule has 0 aromatic heterocycles. The van der Waals surface area contributed by atoms with E-state index >= 15 is 0 Å². The molecule has 0 saturated carbocycles. The Bertz CT molecular complexity index is 674. The second kappa shape index (κ2) is 4.93. The monoisotopic (exact) mass is 306 g/mol. The molecule has 108 valence electrons. The van der Waals surface area contributed by atoms with Crippen LogP contribution in [-0.2, 0) is 20.7 Å². The molecule has 0 bridgehead atoms. The van der Waals surface area contributed by atoms with Crippen molar-refractivity contribution in [3.63, 3.8) is 0 Å². The molecule has 0 heterocycles. The molecule has 0 radical (unpaired) electrons. The number of benzene rings is 1. The smallest absolute Gasteiger partial charge is 0.384 e. The Balaban J connectivity index is 2.25. The van der Waals surface area contributed by atoms with E-state index in [4.69, 9.17) is 0 Å². The summed E-state index contributed by atoms with van der Waals surface area (Å²) in [7, 11) is -5.73. The highest BCUT2D eigenvalue weighted by molar-refractivity contribution is 7.87. The lowest BCUT2D eigenvalue weighted by Crippen LogP contribution is -2.24. The molecular weight excluding hydrogens is 297 g/mol. The summed E-state index contributed by atoms with van der Waals surface area (Å²) in [5.74, 6) is -0.524. The van der Waals surface area contributed by atoms with Gasteiger partial charge in [0.05, 0.1) is 0 Å². The normalized spacial score (nSPS) is 17.9. The number of Topliss-reactive ketones (excluding diaryl/α,β-unsaturated/α-hetero) is 1. The number of aryl methyl sites for hydroxylation is 1. The van der Waals surface area contributed by atoms with Crippen LogP contribution in [0.2, 0.25) is 0 Å². The summed E-state index contributed by atoms with van der Waals surface area (Å²) in [5, 5.41) is 0. The Morgan fingerprint density at radius 2 is 1.80 bits per heavy atom. The molecule has 4 nitrogen and oxygen atoms in total. The lowest BCUT2D eigenvalue weighted by atomic mass is 9.88. The first-order valence-electron chi connectivity index (χ1n) is 5.53. The molecular formula is C12H9F3O4S. The zero-order valence-corrected chi connectivity index (χ0v) is 10.8. The third-order valence-corrected chi connectivity index (χ3v) is 3.73. The number of allylic oxidation sites excluding steroid dienone is 1.